The molecule has 186 valence electrons. The van der Waals surface area contributed by atoms with Crippen molar-refractivity contribution >= 4 is 0 Å². The van der Waals surface area contributed by atoms with Gasteiger partial charge in [-0.2, -0.15) is 0 Å². The average molecular weight is 484 g/mol. The number of likely N-dealkylation sites (tertiary alicyclic amines) is 1. The Hall–Kier alpha value is -3.24. The number of nitrogens with zero attached hydrogens (tertiary/aromatic N) is 3. The standard InChI is InChI=1S/C30H33N3O3/c1-21(2)23-7-9-24(10-8-23)30(35,28(3)19-33(4)20-28)25-16-22(17-31-18-25)11-12-29(34)13-15-36-26-6-5-14-32-27(26)29/h5-10,14,16-18,21,34-35H,13,15,19-20H2,1-4H3. The molecule has 0 aliphatic carbocycles. The van der Waals surface area contributed by atoms with Gasteiger partial charge in [-0.25, -0.2) is 0 Å². The molecule has 6 heteroatoms. The lowest BCUT2D eigenvalue weighted by atomic mass is 9.62. The summed E-state index contributed by atoms with van der Waals surface area (Å²) in [6, 6.07) is 13.7. The monoisotopic (exact) mass is 483 g/mol. The highest BCUT2D eigenvalue weighted by Crippen LogP contribution is 2.50. The van der Waals surface area contributed by atoms with Gasteiger partial charge < -0.3 is 19.8 Å². The summed E-state index contributed by atoms with van der Waals surface area (Å²) in [5, 5.41) is 23.7. The lowest BCUT2D eigenvalue weighted by Gasteiger charge is -2.55. The number of aromatic nitrogens is 2. The molecule has 0 saturated carbocycles. The number of fused-ring (bicyclic) bond motifs is 1. The quantitative estimate of drug-likeness (QED) is 0.550. The Kier molecular flexibility index (Phi) is 6.12. The highest BCUT2D eigenvalue weighted by molar-refractivity contribution is 5.47. The van der Waals surface area contributed by atoms with Crippen molar-refractivity contribution in [1.29, 1.82) is 0 Å². The summed E-state index contributed by atoms with van der Waals surface area (Å²) in [5.74, 6) is 7.08. The summed E-state index contributed by atoms with van der Waals surface area (Å²) in [5.41, 5.74) is 0.776. The van der Waals surface area contributed by atoms with Gasteiger partial charge in [0.1, 0.15) is 17.0 Å². The smallest absolute Gasteiger partial charge is 0.175 e. The van der Waals surface area contributed by atoms with Crippen LogP contribution in [-0.4, -0.2) is 51.8 Å². The van der Waals surface area contributed by atoms with E-state index in [2.05, 4.69) is 66.7 Å². The fourth-order valence-electron chi connectivity index (χ4n) is 5.59. The molecule has 2 unspecified atom stereocenters. The van der Waals surface area contributed by atoms with Crippen LogP contribution in [0.2, 0.25) is 0 Å². The van der Waals surface area contributed by atoms with Gasteiger partial charge in [-0.3, -0.25) is 9.97 Å². The predicted octanol–water partition coefficient (Wildman–Crippen LogP) is 3.81. The van der Waals surface area contributed by atoms with Gasteiger partial charge in [-0.05, 0) is 42.3 Å². The van der Waals surface area contributed by atoms with Crippen molar-refractivity contribution in [2.75, 3.05) is 26.7 Å². The number of benzene rings is 1. The summed E-state index contributed by atoms with van der Waals surface area (Å²) in [6.45, 7) is 8.32. The molecule has 1 aromatic carbocycles. The lowest BCUT2D eigenvalue weighted by Crippen LogP contribution is -2.63. The van der Waals surface area contributed by atoms with Gasteiger partial charge in [-0.1, -0.05) is 56.9 Å². The number of ether oxygens (including phenoxy) is 1. The van der Waals surface area contributed by atoms with Crippen LogP contribution in [-0.2, 0) is 11.2 Å². The molecule has 1 fully saturated rings. The maximum absolute atomic E-state index is 12.4. The van der Waals surface area contributed by atoms with E-state index >= 15 is 0 Å². The molecule has 3 aromatic rings. The van der Waals surface area contributed by atoms with E-state index in [4.69, 9.17) is 4.74 Å². The Labute approximate surface area is 213 Å². The summed E-state index contributed by atoms with van der Waals surface area (Å²) in [4.78, 5) is 11.0. The third-order valence-electron chi connectivity index (χ3n) is 7.56. The van der Waals surface area contributed by atoms with Gasteiger partial charge in [0.2, 0.25) is 0 Å². The van der Waals surface area contributed by atoms with Gasteiger partial charge in [0.05, 0.1) is 6.61 Å². The van der Waals surface area contributed by atoms with E-state index in [0.717, 1.165) is 18.7 Å². The molecule has 1 saturated heterocycles. The van der Waals surface area contributed by atoms with E-state index in [1.165, 1.54) is 5.56 Å². The number of rotatable bonds is 4. The largest absolute Gasteiger partial charge is 0.491 e. The SMILES string of the molecule is CC(C)c1ccc(C(O)(c2cncc(C#CC3(O)CCOc4cccnc43)c2)C2(C)CN(C)C2)cc1. The first-order valence-corrected chi connectivity index (χ1v) is 12.5. The summed E-state index contributed by atoms with van der Waals surface area (Å²) < 4.78 is 5.63. The molecule has 2 N–H and O–H groups in total. The van der Waals surface area contributed by atoms with Crippen molar-refractivity contribution in [2.45, 2.75) is 44.3 Å². The minimum Gasteiger partial charge on any atom is -0.491 e. The fraction of sp³-hybridized carbons (Fsp3) is 0.400. The first-order chi connectivity index (χ1) is 17.1. The highest BCUT2D eigenvalue weighted by Gasteiger charge is 2.55. The van der Waals surface area contributed by atoms with E-state index in [-0.39, 0.29) is 0 Å². The molecule has 5 rings (SSSR count). The lowest BCUT2D eigenvalue weighted by molar-refractivity contribution is -0.127. The molecule has 0 bridgehead atoms. The molecule has 0 spiro atoms. The summed E-state index contributed by atoms with van der Waals surface area (Å²) in [6.07, 6.45) is 5.35. The van der Waals surface area contributed by atoms with Crippen LogP contribution in [0.4, 0.5) is 0 Å². The van der Waals surface area contributed by atoms with Crippen molar-refractivity contribution in [1.82, 2.24) is 14.9 Å². The van der Waals surface area contributed by atoms with Crippen LogP contribution in [0, 0.1) is 17.3 Å². The van der Waals surface area contributed by atoms with E-state index in [0.29, 0.717) is 41.5 Å². The Balaban J connectivity index is 1.55. The second-order valence-corrected chi connectivity index (χ2v) is 10.7. The van der Waals surface area contributed by atoms with E-state index in [1.54, 1.807) is 30.7 Å². The maximum Gasteiger partial charge on any atom is 0.175 e. The van der Waals surface area contributed by atoms with Crippen molar-refractivity contribution in [3.05, 3.63) is 89.0 Å². The molecule has 2 aromatic heterocycles. The minimum atomic E-state index is -1.41. The molecule has 0 radical (unpaired) electrons. The van der Waals surface area contributed by atoms with Crippen LogP contribution in [0.5, 0.6) is 5.75 Å². The van der Waals surface area contributed by atoms with E-state index in [1.807, 2.05) is 18.2 Å². The zero-order chi connectivity index (χ0) is 25.6. The first-order valence-electron chi connectivity index (χ1n) is 12.5. The van der Waals surface area contributed by atoms with E-state index in [9.17, 15) is 10.2 Å². The summed E-state index contributed by atoms with van der Waals surface area (Å²) >= 11 is 0. The zero-order valence-electron chi connectivity index (χ0n) is 21.3. The van der Waals surface area contributed by atoms with Crippen LogP contribution >= 0.6 is 0 Å². The van der Waals surface area contributed by atoms with Gasteiger partial charge in [0, 0.05) is 54.6 Å². The zero-order valence-corrected chi connectivity index (χ0v) is 21.3. The first kappa shape index (κ1) is 24.5. The van der Waals surface area contributed by atoms with Gasteiger partial charge >= 0.3 is 0 Å². The summed E-state index contributed by atoms with van der Waals surface area (Å²) in [7, 11) is 2.06. The molecule has 4 heterocycles. The number of hydrogen-bond acceptors (Lipinski definition) is 6. The van der Waals surface area contributed by atoms with Crippen molar-refractivity contribution in [3.8, 4) is 17.6 Å². The van der Waals surface area contributed by atoms with Gasteiger partial charge in [-0.15, -0.1) is 0 Å². The second-order valence-electron chi connectivity index (χ2n) is 10.7. The third kappa shape index (κ3) is 4.08. The van der Waals surface area contributed by atoms with Gasteiger partial charge in [0.15, 0.2) is 5.60 Å². The van der Waals surface area contributed by atoms with Crippen LogP contribution in [0.3, 0.4) is 0 Å². The Morgan fingerprint density at radius 1 is 1.11 bits per heavy atom. The van der Waals surface area contributed by atoms with Crippen molar-refractivity contribution < 1.29 is 14.9 Å². The molecule has 2 atom stereocenters. The Morgan fingerprint density at radius 2 is 1.86 bits per heavy atom. The van der Waals surface area contributed by atoms with Crippen LogP contribution in [0.25, 0.3) is 0 Å². The Morgan fingerprint density at radius 3 is 2.56 bits per heavy atom. The molecule has 0 amide bonds. The number of hydrogen-bond donors (Lipinski definition) is 2. The average Bonchev–Trinajstić information content (AvgIpc) is 2.87. The van der Waals surface area contributed by atoms with Crippen molar-refractivity contribution in [3.63, 3.8) is 0 Å². The normalized spacial score (nSPS) is 22.4. The van der Waals surface area contributed by atoms with E-state index < -0.39 is 16.6 Å². The van der Waals surface area contributed by atoms with Gasteiger partial charge in [0.25, 0.3) is 0 Å². The molecule has 6 nitrogen and oxygen atoms in total. The Bertz CT molecular complexity index is 1320. The number of pyridine rings is 2. The predicted molar refractivity (Wildman–Crippen MR) is 138 cm³/mol. The van der Waals surface area contributed by atoms with Crippen LogP contribution in [0.15, 0.2) is 61.1 Å². The highest BCUT2D eigenvalue weighted by atomic mass is 16.5. The molecular weight excluding hydrogens is 450 g/mol. The topological polar surface area (TPSA) is 78.7 Å². The number of aliphatic hydroxyl groups is 2. The molecule has 2 aliphatic heterocycles. The third-order valence-corrected chi connectivity index (χ3v) is 7.56. The molecular formula is C30H33N3O3. The fourth-order valence-corrected chi connectivity index (χ4v) is 5.59. The van der Waals surface area contributed by atoms with Crippen LogP contribution < -0.4 is 4.74 Å². The van der Waals surface area contributed by atoms with Crippen molar-refractivity contribution in [2.24, 2.45) is 5.41 Å². The molecule has 36 heavy (non-hydrogen) atoms. The molecule has 2 aliphatic rings. The maximum atomic E-state index is 12.4. The second kappa shape index (κ2) is 9.01. The van der Waals surface area contributed by atoms with Crippen LogP contribution in [0.1, 0.15) is 61.1 Å². The minimum absolute atomic E-state index is 0.327.